The summed E-state index contributed by atoms with van der Waals surface area (Å²) in [6.45, 7) is 0. The number of aliphatic carboxylic acids is 1. The van der Waals surface area contributed by atoms with E-state index in [0.29, 0.717) is 5.75 Å². The van der Waals surface area contributed by atoms with Gasteiger partial charge in [-0.3, -0.25) is 10.1 Å². The third-order valence-corrected chi connectivity index (χ3v) is 4.54. The smallest absolute Gasteiger partial charge is 0.321 e. The first-order valence-corrected chi connectivity index (χ1v) is 7.08. The number of rotatable bonds is 3. The molecule has 2 atom stereocenters. The molecule has 1 aliphatic heterocycles. The lowest BCUT2D eigenvalue weighted by Crippen LogP contribution is -2.37. The first-order chi connectivity index (χ1) is 9.13. The number of aromatic hydroxyl groups is 1. The Kier molecular flexibility index (Phi) is 3.12. The number of thioether (sulfide) groups is 1. The summed E-state index contributed by atoms with van der Waals surface area (Å²) in [7, 11) is 0. The molecule has 1 unspecified atom stereocenters. The van der Waals surface area contributed by atoms with Crippen molar-refractivity contribution < 1.29 is 15.0 Å². The Bertz CT molecular complexity index is 625. The predicted octanol–water partition coefficient (Wildman–Crippen LogP) is 1.53. The molecule has 0 amide bonds. The number of benzene rings is 1. The fraction of sp³-hybridized carbons (Fsp3) is 0.308. The molecule has 1 aliphatic rings. The fourth-order valence-corrected chi connectivity index (χ4v) is 3.55. The molecule has 2 heterocycles. The van der Waals surface area contributed by atoms with Crippen molar-refractivity contribution in [1.82, 2.24) is 10.3 Å². The summed E-state index contributed by atoms with van der Waals surface area (Å²) in [5.74, 6) is 0.0310. The number of fused-ring (bicyclic) bond motifs is 1. The number of phenols is 1. The van der Waals surface area contributed by atoms with E-state index < -0.39 is 12.0 Å². The molecular formula is C13H14N2O3S. The Morgan fingerprint density at radius 1 is 1.47 bits per heavy atom. The Hall–Kier alpha value is -1.66. The molecule has 6 heteroatoms. The molecule has 0 spiro atoms. The van der Waals surface area contributed by atoms with Crippen molar-refractivity contribution >= 4 is 28.6 Å². The molecule has 1 saturated heterocycles. The molecule has 0 aliphatic carbocycles. The minimum absolute atomic E-state index is 0.0995. The van der Waals surface area contributed by atoms with Crippen LogP contribution >= 0.6 is 11.8 Å². The standard InChI is InChI=1S/C13H14N2O3S/c16-8-1-2-10-9(4-8)7(5-14-10)3-12-15-11(6-19-12)13(17)18/h1-2,4-5,11-12,14-16H,3,6H2,(H,17,18)/t11-,12?/m0/s1. The second-order valence-corrected chi connectivity index (χ2v) is 5.86. The van der Waals surface area contributed by atoms with Gasteiger partial charge in [0, 0.05) is 22.9 Å². The largest absolute Gasteiger partial charge is 0.508 e. The van der Waals surface area contributed by atoms with Gasteiger partial charge in [0.1, 0.15) is 11.8 Å². The summed E-state index contributed by atoms with van der Waals surface area (Å²) >= 11 is 1.62. The van der Waals surface area contributed by atoms with Crippen LogP contribution in [-0.4, -0.2) is 38.3 Å². The van der Waals surface area contributed by atoms with E-state index in [-0.39, 0.29) is 11.1 Å². The number of carbonyl (C=O) groups is 1. The quantitative estimate of drug-likeness (QED) is 0.684. The van der Waals surface area contributed by atoms with Crippen molar-refractivity contribution in [2.24, 2.45) is 0 Å². The predicted molar refractivity (Wildman–Crippen MR) is 74.5 cm³/mol. The highest BCUT2D eigenvalue weighted by Crippen LogP contribution is 2.28. The van der Waals surface area contributed by atoms with E-state index in [1.807, 2.05) is 12.3 Å². The van der Waals surface area contributed by atoms with Crippen LogP contribution in [0.4, 0.5) is 0 Å². The van der Waals surface area contributed by atoms with Crippen LogP contribution in [0, 0.1) is 0 Å². The minimum Gasteiger partial charge on any atom is -0.508 e. The van der Waals surface area contributed by atoms with Crippen molar-refractivity contribution in [2.45, 2.75) is 17.8 Å². The van der Waals surface area contributed by atoms with Gasteiger partial charge in [-0.05, 0) is 30.2 Å². The fourth-order valence-electron chi connectivity index (χ4n) is 2.33. The highest BCUT2D eigenvalue weighted by Gasteiger charge is 2.29. The molecule has 0 saturated carbocycles. The van der Waals surface area contributed by atoms with Crippen molar-refractivity contribution in [3.05, 3.63) is 30.0 Å². The zero-order chi connectivity index (χ0) is 13.4. The van der Waals surface area contributed by atoms with Crippen molar-refractivity contribution in [3.8, 4) is 5.75 Å². The maximum Gasteiger partial charge on any atom is 0.321 e. The minimum atomic E-state index is -0.799. The van der Waals surface area contributed by atoms with Gasteiger partial charge in [0.05, 0.1) is 5.37 Å². The van der Waals surface area contributed by atoms with Crippen molar-refractivity contribution in [2.75, 3.05) is 5.75 Å². The molecule has 100 valence electrons. The summed E-state index contributed by atoms with van der Waals surface area (Å²) in [4.78, 5) is 14.1. The van der Waals surface area contributed by atoms with E-state index in [0.717, 1.165) is 22.9 Å². The number of hydrogen-bond acceptors (Lipinski definition) is 4. The van der Waals surface area contributed by atoms with E-state index in [2.05, 4.69) is 10.3 Å². The molecule has 5 nitrogen and oxygen atoms in total. The average molecular weight is 278 g/mol. The molecule has 1 aromatic carbocycles. The van der Waals surface area contributed by atoms with Crippen LogP contribution in [0.15, 0.2) is 24.4 Å². The van der Waals surface area contributed by atoms with Gasteiger partial charge in [-0.2, -0.15) is 0 Å². The second kappa shape index (κ2) is 4.79. The number of H-pyrrole nitrogens is 1. The van der Waals surface area contributed by atoms with Gasteiger partial charge in [0.2, 0.25) is 0 Å². The zero-order valence-corrected chi connectivity index (χ0v) is 10.9. The third kappa shape index (κ3) is 2.41. The number of carboxylic acids is 1. The van der Waals surface area contributed by atoms with E-state index in [9.17, 15) is 9.90 Å². The van der Waals surface area contributed by atoms with Crippen LogP contribution < -0.4 is 5.32 Å². The maximum atomic E-state index is 10.9. The molecule has 19 heavy (non-hydrogen) atoms. The Morgan fingerprint density at radius 3 is 3.05 bits per heavy atom. The van der Waals surface area contributed by atoms with Crippen molar-refractivity contribution in [3.63, 3.8) is 0 Å². The van der Waals surface area contributed by atoms with Gasteiger partial charge < -0.3 is 15.2 Å². The van der Waals surface area contributed by atoms with Gasteiger partial charge in [-0.1, -0.05) is 0 Å². The second-order valence-electron chi connectivity index (χ2n) is 4.63. The lowest BCUT2D eigenvalue weighted by Gasteiger charge is -2.10. The van der Waals surface area contributed by atoms with Gasteiger partial charge in [0.15, 0.2) is 0 Å². The highest BCUT2D eigenvalue weighted by atomic mass is 32.2. The van der Waals surface area contributed by atoms with Crippen LogP contribution in [-0.2, 0) is 11.2 Å². The van der Waals surface area contributed by atoms with Crippen LogP contribution in [0.1, 0.15) is 5.56 Å². The van der Waals surface area contributed by atoms with E-state index >= 15 is 0 Å². The number of hydrogen-bond donors (Lipinski definition) is 4. The lowest BCUT2D eigenvalue weighted by molar-refractivity contribution is -0.138. The first kappa shape index (κ1) is 12.4. The molecule has 1 aromatic heterocycles. The van der Waals surface area contributed by atoms with Crippen LogP contribution in [0.5, 0.6) is 5.75 Å². The summed E-state index contributed by atoms with van der Waals surface area (Å²) in [5.41, 5.74) is 2.06. The third-order valence-electron chi connectivity index (χ3n) is 3.31. The lowest BCUT2D eigenvalue weighted by atomic mass is 10.1. The van der Waals surface area contributed by atoms with E-state index in [1.165, 1.54) is 0 Å². The van der Waals surface area contributed by atoms with Gasteiger partial charge in [-0.15, -0.1) is 11.8 Å². The van der Waals surface area contributed by atoms with Gasteiger partial charge in [-0.25, -0.2) is 0 Å². The molecular weight excluding hydrogens is 264 g/mol. The molecule has 2 aromatic rings. The monoisotopic (exact) mass is 278 g/mol. The van der Waals surface area contributed by atoms with E-state index in [4.69, 9.17) is 5.11 Å². The number of aromatic nitrogens is 1. The topological polar surface area (TPSA) is 85.3 Å². The normalized spacial score (nSPS) is 22.9. The number of carboxylic acid groups (broad SMARTS) is 1. The molecule has 0 bridgehead atoms. The highest BCUT2D eigenvalue weighted by molar-refractivity contribution is 8.00. The SMILES string of the molecule is O=C(O)[C@@H]1CSC(Cc2c[nH]c3ccc(O)cc23)N1. The average Bonchev–Trinajstić information content (AvgIpc) is 2.98. The molecule has 3 rings (SSSR count). The van der Waals surface area contributed by atoms with E-state index in [1.54, 1.807) is 23.9 Å². The zero-order valence-electron chi connectivity index (χ0n) is 10.1. The van der Waals surface area contributed by atoms with Crippen LogP contribution in [0.25, 0.3) is 10.9 Å². The number of nitrogens with one attached hydrogen (secondary N) is 2. The summed E-state index contributed by atoms with van der Waals surface area (Å²) in [6.07, 6.45) is 2.65. The summed E-state index contributed by atoms with van der Waals surface area (Å²) in [6, 6.07) is 4.75. The Labute approximate surface area is 114 Å². The van der Waals surface area contributed by atoms with Gasteiger partial charge in [0.25, 0.3) is 0 Å². The molecule has 1 fully saturated rings. The van der Waals surface area contributed by atoms with Gasteiger partial charge >= 0.3 is 5.97 Å². The first-order valence-electron chi connectivity index (χ1n) is 6.03. The van der Waals surface area contributed by atoms with Crippen LogP contribution in [0.2, 0.25) is 0 Å². The Balaban J connectivity index is 1.79. The molecule has 4 N–H and O–H groups in total. The van der Waals surface area contributed by atoms with Crippen LogP contribution in [0.3, 0.4) is 0 Å². The number of phenolic OH excluding ortho intramolecular Hbond substituents is 1. The van der Waals surface area contributed by atoms with Crippen molar-refractivity contribution in [1.29, 1.82) is 0 Å². The Morgan fingerprint density at radius 2 is 2.32 bits per heavy atom. The summed E-state index contributed by atoms with van der Waals surface area (Å²) in [5, 5.41) is 22.7. The number of aromatic amines is 1. The summed E-state index contributed by atoms with van der Waals surface area (Å²) < 4.78 is 0. The maximum absolute atomic E-state index is 10.9. The molecule has 0 radical (unpaired) electrons.